The fourth-order valence-electron chi connectivity index (χ4n) is 2.47. The van der Waals surface area contributed by atoms with E-state index in [9.17, 15) is 4.79 Å². The Morgan fingerprint density at radius 1 is 1.18 bits per heavy atom. The second kappa shape index (κ2) is 5.52. The van der Waals surface area contributed by atoms with Gasteiger partial charge in [-0.1, -0.05) is 28.4 Å². The van der Waals surface area contributed by atoms with E-state index < -0.39 is 5.79 Å². The number of benzene rings is 1. The van der Waals surface area contributed by atoms with Gasteiger partial charge in [-0.15, -0.1) is 0 Å². The van der Waals surface area contributed by atoms with Crippen molar-refractivity contribution in [2.45, 2.75) is 5.79 Å². The number of methoxy groups -OCH3 is 2. The van der Waals surface area contributed by atoms with Gasteiger partial charge in [0.05, 0.1) is 10.6 Å². The highest BCUT2D eigenvalue weighted by molar-refractivity contribution is 6.36. The van der Waals surface area contributed by atoms with Gasteiger partial charge in [-0.3, -0.25) is 4.79 Å². The maximum Gasteiger partial charge on any atom is 0.266 e. The van der Waals surface area contributed by atoms with Crippen LogP contribution in [0, 0.1) is 0 Å². The van der Waals surface area contributed by atoms with Crippen LogP contribution in [0.15, 0.2) is 28.8 Å². The van der Waals surface area contributed by atoms with E-state index in [4.69, 9.17) is 37.2 Å². The average molecular weight is 340 g/mol. The van der Waals surface area contributed by atoms with E-state index in [-0.39, 0.29) is 5.78 Å². The van der Waals surface area contributed by atoms with E-state index in [0.717, 1.165) is 0 Å². The van der Waals surface area contributed by atoms with E-state index >= 15 is 0 Å². The number of carbonyl (C=O) groups excluding carboxylic acids is 1. The van der Waals surface area contributed by atoms with E-state index in [1.54, 1.807) is 18.2 Å². The van der Waals surface area contributed by atoms with Gasteiger partial charge in [-0.05, 0) is 30.4 Å². The molecule has 0 bridgehead atoms. The van der Waals surface area contributed by atoms with Crippen LogP contribution in [-0.4, -0.2) is 25.2 Å². The summed E-state index contributed by atoms with van der Waals surface area (Å²) in [4.78, 5) is 12.3. The third-order valence-electron chi connectivity index (χ3n) is 3.52. The number of halogens is 2. The Kier molecular flexibility index (Phi) is 3.82. The van der Waals surface area contributed by atoms with Gasteiger partial charge in [0.1, 0.15) is 5.69 Å². The molecule has 1 aromatic carbocycles. The minimum absolute atomic E-state index is 0.362. The monoisotopic (exact) mass is 339 g/mol. The van der Waals surface area contributed by atoms with Gasteiger partial charge in [0.15, 0.2) is 5.76 Å². The predicted octanol–water partition coefficient (Wildman–Crippen LogP) is 3.69. The molecule has 0 radical (unpaired) electrons. The molecule has 1 aromatic heterocycles. The van der Waals surface area contributed by atoms with Gasteiger partial charge in [-0.2, -0.15) is 0 Å². The topological polar surface area (TPSA) is 61.6 Å². The molecule has 0 spiro atoms. The number of hydrogen-bond donors (Lipinski definition) is 0. The first kappa shape index (κ1) is 15.2. The Labute approximate surface area is 136 Å². The molecule has 3 rings (SSSR count). The molecule has 0 saturated carbocycles. The van der Waals surface area contributed by atoms with E-state index in [0.29, 0.717) is 32.6 Å². The minimum atomic E-state index is -1.61. The fourth-order valence-corrected chi connectivity index (χ4v) is 2.97. The molecule has 5 nitrogen and oxygen atoms in total. The summed E-state index contributed by atoms with van der Waals surface area (Å²) in [6.45, 7) is 0. The Balaban J connectivity index is 2.28. The molecule has 1 heterocycles. The zero-order chi connectivity index (χ0) is 15.9. The van der Waals surface area contributed by atoms with Crippen LogP contribution in [-0.2, 0) is 20.1 Å². The van der Waals surface area contributed by atoms with Gasteiger partial charge in [0.25, 0.3) is 5.79 Å². The van der Waals surface area contributed by atoms with Crippen LogP contribution in [0.1, 0.15) is 11.3 Å². The molecule has 1 aliphatic rings. The van der Waals surface area contributed by atoms with Crippen LogP contribution in [0.2, 0.25) is 10.0 Å². The molecule has 0 aliphatic heterocycles. The molecule has 0 amide bonds. The smallest absolute Gasteiger partial charge is 0.266 e. The third kappa shape index (κ3) is 2.09. The maximum absolute atomic E-state index is 12.3. The van der Waals surface area contributed by atoms with Crippen molar-refractivity contribution in [2.75, 3.05) is 14.2 Å². The highest BCUT2D eigenvalue weighted by atomic mass is 35.5. The summed E-state index contributed by atoms with van der Waals surface area (Å²) in [6.07, 6.45) is 2.85. The summed E-state index contributed by atoms with van der Waals surface area (Å²) >= 11 is 12.1. The van der Waals surface area contributed by atoms with Crippen molar-refractivity contribution in [2.24, 2.45) is 0 Å². The molecule has 0 unspecified atom stereocenters. The largest absolute Gasteiger partial charge is 0.356 e. The highest BCUT2D eigenvalue weighted by Gasteiger charge is 2.48. The fraction of sp³-hybridized carbons (Fsp3) is 0.200. The van der Waals surface area contributed by atoms with Crippen molar-refractivity contribution in [1.82, 2.24) is 5.16 Å². The van der Waals surface area contributed by atoms with Crippen LogP contribution in [0.25, 0.3) is 17.3 Å². The first-order chi connectivity index (χ1) is 10.5. The van der Waals surface area contributed by atoms with Crippen molar-refractivity contribution in [3.63, 3.8) is 0 Å². The summed E-state index contributed by atoms with van der Waals surface area (Å²) in [5.74, 6) is -1.59. The average Bonchev–Trinajstić information content (AvgIpc) is 2.92. The number of nitrogens with zero attached hydrogens (tertiary/aromatic N) is 1. The van der Waals surface area contributed by atoms with Gasteiger partial charge in [0, 0.05) is 24.8 Å². The summed E-state index contributed by atoms with van der Waals surface area (Å²) < 4.78 is 16.0. The summed E-state index contributed by atoms with van der Waals surface area (Å²) in [5.41, 5.74) is 1.32. The molecule has 114 valence electrons. The second-order valence-corrected chi connectivity index (χ2v) is 5.46. The normalized spacial score (nSPS) is 15.9. The number of aromatic nitrogens is 1. The van der Waals surface area contributed by atoms with Gasteiger partial charge in [0.2, 0.25) is 5.78 Å². The lowest BCUT2D eigenvalue weighted by atomic mass is 9.91. The number of ketones is 1. The maximum atomic E-state index is 12.3. The standard InChI is InChI=1S/C15H11Cl2NO4/c1-20-15(21-2)12(19)6-5-11-13(15)14(18-22-11)9-4-3-8(16)7-10(9)17/h3-7H,1-2H3. The third-order valence-corrected chi connectivity index (χ3v) is 4.07. The van der Waals surface area contributed by atoms with E-state index in [2.05, 4.69) is 5.16 Å². The lowest BCUT2D eigenvalue weighted by molar-refractivity contribution is -0.209. The van der Waals surface area contributed by atoms with E-state index in [1.807, 2.05) is 0 Å². The molecule has 2 aromatic rings. The van der Waals surface area contributed by atoms with Crippen molar-refractivity contribution in [3.05, 3.63) is 45.6 Å². The number of ether oxygens (including phenoxy) is 2. The molecule has 22 heavy (non-hydrogen) atoms. The summed E-state index contributed by atoms with van der Waals surface area (Å²) in [5, 5.41) is 4.89. The van der Waals surface area contributed by atoms with Crippen molar-refractivity contribution >= 4 is 35.1 Å². The Hall–Kier alpha value is -1.66. The van der Waals surface area contributed by atoms with Crippen LogP contribution in [0.5, 0.6) is 0 Å². The Bertz CT molecular complexity index is 778. The molecular formula is C15H11Cl2NO4. The zero-order valence-corrected chi connectivity index (χ0v) is 13.2. The van der Waals surface area contributed by atoms with Crippen molar-refractivity contribution in [1.29, 1.82) is 0 Å². The Morgan fingerprint density at radius 2 is 1.91 bits per heavy atom. The number of rotatable bonds is 3. The lowest BCUT2D eigenvalue weighted by Crippen LogP contribution is -2.41. The Morgan fingerprint density at radius 3 is 2.55 bits per heavy atom. The lowest BCUT2D eigenvalue weighted by Gasteiger charge is -2.30. The molecule has 0 fully saturated rings. The molecule has 7 heteroatoms. The van der Waals surface area contributed by atoms with E-state index in [1.165, 1.54) is 26.4 Å². The number of carbonyl (C=O) groups is 1. The molecule has 0 atom stereocenters. The van der Waals surface area contributed by atoms with Gasteiger partial charge in [-0.25, -0.2) is 0 Å². The predicted molar refractivity (Wildman–Crippen MR) is 81.7 cm³/mol. The van der Waals surface area contributed by atoms with Crippen LogP contribution >= 0.6 is 23.2 Å². The summed E-state index contributed by atoms with van der Waals surface area (Å²) in [6, 6.07) is 4.95. The first-order valence-corrected chi connectivity index (χ1v) is 7.07. The molecule has 0 saturated heterocycles. The van der Waals surface area contributed by atoms with Gasteiger partial charge >= 0.3 is 0 Å². The van der Waals surface area contributed by atoms with Gasteiger partial charge < -0.3 is 14.0 Å². The quantitative estimate of drug-likeness (QED) is 0.798. The zero-order valence-electron chi connectivity index (χ0n) is 11.7. The van der Waals surface area contributed by atoms with Crippen LogP contribution in [0.4, 0.5) is 0 Å². The van der Waals surface area contributed by atoms with Crippen molar-refractivity contribution < 1.29 is 18.8 Å². The van der Waals surface area contributed by atoms with Crippen LogP contribution in [0.3, 0.4) is 0 Å². The molecule has 0 N–H and O–H groups in total. The van der Waals surface area contributed by atoms with Crippen molar-refractivity contribution in [3.8, 4) is 11.3 Å². The minimum Gasteiger partial charge on any atom is -0.356 e. The van der Waals surface area contributed by atoms with Crippen LogP contribution < -0.4 is 0 Å². The highest BCUT2D eigenvalue weighted by Crippen LogP contribution is 2.43. The SMILES string of the molecule is COC1(OC)C(=O)C=Cc2onc(-c3ccc(Cl)cc3Cl)c21. The number of fused-ring (bicyclic) bond motifs is 1. The summed E-state index contributed by atoms with van der Waals surface area (Å²) in [7, 11) is 2.76. The second-order valence-electron chi connectivity index (χ2n) is 4.62. The first-order valence-electron chi connectivity index (χ1n) is 6.32. The molecule has 1 aliphatic carbocycles. The molecular weight excluding hydrogens is 329 g/mol. The number of hydrogen-bond acceptors (Lipinski definition) is 5.